The number of nitrogens with one attached hydrogen (secondary N) is 2. The van der Waals surface area contributed by atoms with Crippen LogP contribution in [0.15, 0.2) is 89.6 Å². The van der Waals surface area contributed by atoms with Crippen LogP contribution in [0.5, 0.6) is 5.75 Å². The zero-order valence-corrected chi connectivity index (χ0v) is 44.4. The van der Waals surface area contributed by atoms with Crippen molar-refractivity contribution in [2.45, 2.75) is 117 Å². The van der Waals surface area contributed by atoms with Gasteiger partial charge in [0, 0.05) is 64.3 Å². The standard InChI is InChI=1S/C55H58ClFN10O4S2/c1-28(2)50(54(70)65-25-29(3)17-46(65)53(69)60-31(5)35-9-11-37(12-10-35)51-32(6)58-27-72-51)66-26-39(24-59-66)38-18-41(57)20-43(19-38)71-44-21-42(22-44)61-47(68)23-45-52-64-63-34(8)67(52)55-48(30(4)33(7)73-55)49(62-45)36-13-15-40(56)16-14-36/h9-16,18-20,24,26-29,31,42,44-46,50H,17,21-23,25H2,1-8H3,(H,60,69)(H,61,68)/t29-,31+,42?,44?,45+,46+,50+/m1/s1. The average Bonchev–Trinajstić information content (AvgIpc) is 4.19. The predicted octanol–water partition coefficient (Wildman–Crippen LogP) is 10.7. The molecule has 6 heterocycles. The molecule has 1 saturated heterocycles. The Bertz CT molecular complexity index is 3250. The molecule has 5 atom stereocenters. The molecule has 2 fully saturated rings. The second kappa shape index (κ2) is 20.4. The van der Waals surface area contributed by atoms with Gasteiger partial charge in [0.05, 0.1) is 40.5 Å². The number of hydrogen-bond donors (Lipinski definition) is 2. The van der Waals surface area contributed by atoms with Crippen LogP contribution in [-0.2, 0) is 14.4 Å². The van der Waals surface area contributed by atoms with Gasteiger partial charge in [0.2, 0.25) is 17.7 Å². The number of aromatic nitrogens is 6. The van der Waals surface area contributed by atoms with Crippen molar-refractivity contribution in [3.05, 3.63) is 140 Å². The molecule has 18 heteroatoms. The number of thiazole rings is 1. The number of hydrogen-bond acceptors (Lipinski definition) is 11. The van der Waals surface area contributed by atoms with Crippen molar-refractivity contribution < 1.29 is 23.5 Å². The highest BCUT2D eigenvalue weighted by atomic mass is 35.5. The Hall–Kier alpha value is -6.56. The summed E-state index contributed by atoms with van der Waals surface area (Å²) in [6.45, 7) is 16.5. The van der Waals surface area contributed by atoms with Crippen molar-refractivity contribution in [3.63, 3.8) is 0 Å². The van der Waals surface area contributed by atoms with Crippen LogP contribution in [0.1, 0.15) is 116 Å². The topological polar surface area (TPSA) is 162 Å². The Kier molecular flexibility index (Phi) is 14.0. The number of aryl methyl sites for hydroxylation is 3. The number of fused-ring (bicyclic) bond motifs is 3. The first-order valence-electron chi connectivity index (χ1n) is 24.8. The smallest absolute Gasteiger partial charge is 0.248 e. The third kappa shape index (κ3) is 10.1. The van der Waals surface area contributed by atoms with Crippen molar-refractivity contribution in [1.82, 2.24) is 45.1 Å². The fraction of sp³-hybridized carbons (Fsp3) is 0.382. The van der Waals surface area contributed by atoms with E-state index in [4.69, 9.17) is 21.3 Å². The average molecular weight is 1040 g/mol. The van der Waals surface area contributed by atoms with E-state index in [0.29, 0.717) is 59.4 Å². The molecule has 1 saturated carbocycles. The highest BCUT2D eigenvalue weighted by molar-refractivity contribution is 7.15. The molecule has 2 aliphatic heterocycles. The maximum atomic E-state index is 15.3. The van der Waals surface area contributed by atoms with Gasteiger partial charge in [0.25, 0.3) is 0 Å². The number of likely N-dealkylation sites (tertiary alicyclic amines) is 1. The number of thiophene rings is 1. The predicted molar refractivity (Wildman–Crippen MR) is 283 cm³/mol. The zero-order chi connectivity index (χ0) is 51.4. The molecule has 7 aromatic rings. The van der Waals surface area contributed by atoms with Gasteiger partial charge in [-0.2, -0.15) is 5.10 Å². The van der Waals surface area contributed by atoms with E-state index in [2.05, 4.69) is 51.7 Å². The number of amides is 3. The normalized spacial score (nSPS) is 20.1. The van der Waals surface area contributed by atoms with Gasteiger partial charge in [-0.1, -0.05) is 68.8 Å². The molecule has 0 radical (unpaired) electrons. The quantitative estimate of drug-likeness (QED) is 0.109. The van der Waals surface area contributed by atoms with Crippen molar-refractivity contribution in [1.29, 1.82) is 0 Å². The summed E-state index contributed by atoms with van der Waals surface area (Å²) in [5, 5.41) is 21.5. The molecule has 14 nitrogen and oxygen atoms in total. The molecule has 3 amide bonds. The maximum absolute atomic E-state index is 15.3. The minimum atomic E-state index is -0.703. The summed E-state index contributed by atoms with van der Waals surface area (Å²) >= 11 is 9.54. The first-order valence-corrected chi connectivity index (χ1v) is 26.9. The minimum absolute atomic E-state index is 0.0611. The highest BCUT2D eigenvalue weighted by Gasteiger charge is 2.42. The van der Waals surface area contributed by atoms with Crippen LogP contribution in [0.4, 0.5) is 4.39 Å². The first-order chi connectivity index (χ1) is 35.0. The zero-order valence-electron chi connectivity index (χ0n) is 42.0. The lowest BCUT2D eigenvalue weighted by atomic mass is 9.89. The maximum Gasteiger partial charge on any atom is 0.248 e. The molecule has 0 unspecified atom stereocenters. The SMILES string of the molecule is Cc1ncsc1-c1ccc([C@H](C)NC(=O)[C@@H]2C[C@@H](C)CN2C(=O)[C@H](C(C)C)n2cc(-c3cc(F)cc(OC4CC(NC(=O)C[C@@H]5N=C(c6ccc(Cl)cc6)c6c(sc(C)c6C)-n6c(C)nnc65)C4)c3)cn2)cc1. The number of aliphatic imine (C=N–C) groups is 1. The Morgan fingerprint density at radius 2 is 1.66 bits per heavy atom. The van der Waals surface area contributed by atoms with Gasteiger partial charge in [-0.25, -0.2) is 9.37 Å². The van der Waals surface area contributed by atoms with Crippen molar-refractivity contribution in [2.75, 3.05) is 6.54 Å². The van der Waals surface area contributed by atoms with E-state index in [1.807, 2.05) is 93.2 Å². The molecule has 3 aliphatic rings. The third-order valence-electron chi connectivity index (χ3n) is 14.3. The van der Waals surface area contributed by atoms with Crippen LogP contribution in [0.2, 0.25) is 5.02 Å². The van der Waals surface area contributed by atoms with Gasteiger partial charge in [-0.05, 0) is 99.4 Å². The number of carbonyl (C=O) groups is 3. The summed E-state index contributed by atoms with van der Waals surface area (Å²) in [4.78, 5) is 55.9. The largest absolute Gasteiger partial charge is 0.490 e. The lowest BCUT2D eigenvalue weighted by Crippen LogP contribution is -2.49. The Morgan fingerprint density at radius 1 is 0.918 bits per heavy atom. The molecular formula is C55H58ClFN10O4S2. The minimum Gasteiger partial charge on any atom is -0.490 e. The lowest BCUT2D eigenvalue weighted by Gasteiger charge is -2.36. The molecule has 2 N–H and O–H groups in total. The second-order valence-corrected chi connectivity index (χ2v) is 22.6. The molecule has 3 aromatic carbocycles. The fourth-order valence-corrected chi connectivity index (χ4v) is 12.5. The second-order valence-electron chi connectivity index (χ2n) is 20.1. The molecular weight excluding hydrogens is 983 g/mol. The fourth-order valence-electron chi connectivity index (χ4n) is 10.3. The van der Waals surface area contributed by atoms with Gasteiger partial charge in [0.15, 0.2) is 5.82 Å². The number of ether oxygens (including phenoxy) is 1. The molecule has 73 heavy (non-hydrogen) atoms. The van der Waals surface area contributed by atoms with Crippen LogP contribution >= 0.6 is 34.3 Å². The number of carbonyl (C=O) groups excluding carboxylic acids is 3. The number of benzene rings is 3. The Balaban J connectivity index is 0.774. The van der Waals surface area contributed by atoms with Crippen molar-refractivity contribution >= 4 is 57.7 Å². The van der Waals surface area contributed by atoms with E-state index in [9.17, 15) is 14.4 Å². The van der Waals surface area contributed by atoms with E-state index >= 15 is 4.39 Å². The van der Waals surface area contributed by atoms with E-state index in [-0.39, 0.29) is 54.2 Å². The van der Waals surface area contributed by atoms with Crippen LogP contribution in [0.3, 0.4) is 0 Å². The molecule has 4 aromatic heterocycles. The highest BCUT2D eigenvalue weighted by Crippen LogP contribution is 2.41. The Labute approximate surface area is 437 Å². The lowest BCUT2D eigenvalue weighted by molar-refractivity contribution is -0.142. The van der Waals surface area contributed by atoms with E-state index in [1.54, 1.807) is 50.7 Å². The first kappa shape index (κ1) is 50.0. The summed E-state index contributed by atoms with van der Waals surface area (Å²) in [6, 6.07) is 17.9. The Morgan fingerprint density at radius 3 is 2.37 bits per heavy atom. The van der Waals surface area contributed by atoms with Gasteiger partial charge < -0.3 is 20.3 Å². The van der Waals surface area contributed by atoms with E-state index in [0.717, 1.165) is 54.0 Å². The molecule has 0 spiro atoms. The summed E-state index contributed by atoms with van der Waals surface area (Å²) in [5.41, 5.74) is 9.81. The summed E-state index contributed by atoms with van der Waals surface area (Å²) in [7, 11) is 0. The van der Waals surface area contributed by atoms with Crippen LogP contribution < -0.4 is 15.4 Å². The van der Waals surface area contributed by atoms with E-state index < -0.39 is 23.9 Å². The summed E-state index contributed by atoms with van der Waals surface area (Å²) in [6.07, 6.45) is 4.82. The molecule has 10 rings (SSSR count). The van der Waals surface area contributed by atoms with Crippen LogP contribution in [0, 0.1) is 45.3 Å². The van der Waals surface area contributed by atoms with Gasteiger partial charge in [-0.15, -0.1) is 32.9 Å². The number of nitrogens with zero attached hydrogens (tertiary/aromatic N) is 8. The van der Waals surface area contributed by atoms with Gasteiger partial charge in [0.1, 0.15) is 46.6 Å². The van der Waals surface area contributed by atoms with Gasteiger partial charge >= 0.3 is 0 Å². The van der Waals surface area contributed by atoms with Crippen molar-refractivity contribution in [2.24, 2.45) is 16.8 Å². The number of halogens is 2. The van der Waals surface area contributed by atoms with E-state index in [1.165, 1.54) is 12.1 Å². The summed E-state index contributed by atoms with van der Waals surface area (Å²) in [5.74, 6) is 0.594. The molecule has 0 bridgehead atoms. The van der Waals surface area contributed by atoms with Crippen LogP contribution in [0.25, 0.3) is 26.6 Å². The van der Waals surface area contributed by atoms with Gasteiger partial charge in [-0.3, -0.25) is 28.6 Å². The number of rotatable bonds is 14. The van der Waals surface area contributed by atoms with Crippen LogP contribution in [-0.4, -0.2) is 82.6 Å². The molecule has 1 aliphatic carbocycles. The summed E-state index contributed by atoms with van der Waals surface area (Å²) < 4.78 is 25.3. The third-order valence-corrected chi connectivity index (χ3v) is 16.8. The monoisotopic (exact) mass is 1040 g/mol. The molecule has 378 valence electrons. The van der Waals surface area contributed by atoms with Crippen molar-refractivity contribution in [3.8, 4) is 32.3 Å².